The number of carbonyl (C=O) groups excluding carboxylic acids is 1. The first-order valence-electron chi connectivity index (χ1n) is 3.68. The maximum Gasteiger partial charge on any atom is 1.00 e. The summed E-state index contributed by atoms with van der Waals surface area (Å²) in [6.07, 6.45) is 1.30. The number of hydrogen-bond acceptors (Lipinski definition) is 4. The molecular weight excluding hydrogens is 209 g/mol. The number of phenolic OH excluding ortho intramolecular Hbond substituents is 1. The van der Waals surface area contributed by atoms with Gasteiger partial charge in [0.15, 0.2) is 0 Å². The van der Waals surface area contributed by atoms with E-state index < -0.39 is 12.5 Å². The third-order valence-electron chi connectivity index (χ3n) is 1.39. The first-order chi connectivity index (χ1) is 6.20. The number of carboxylic acids is 1. The van der Waals surface area contributed by atoms with Gasteiger partial charge in [-0.25, -0.2) is 0 Å². The van der Waals surface area contributed by atoms with Crippen molar-refractivity contribution in [3.8, 4) is 5.75 Å². The molecule has 0 bridgehead atoms. The normalized spacial score (nSPS) is 9.71. The Kier molecular flexibility index (Phi) is 7.03. The third kappa shape index (κ3) is 4.87. The van der Waals surface area contributed by atoms with Crippen molar-refractivity contribution in [3.05, 3.63) is 29.8 Å². The molecule has 0 unspecified atom stereocenters. The predicted molar refractivity (Wildman–Crippen MR) is 45.6 cm³/mol. The monoisotopic (exact) mass is 217 g/mol. The van der Waals surface area contributed by atoms with E-state index in [4.69, 9.17) is 0 Å². The number of phenols is 1. The number of rotatable bonds is 3. The number of carboxylic acid groups (broad SMARTS) is 1. The standard InChI is InChI=1S/C9H9NO3.K/c11-8-4-2-1-3-7(8)5-10-6-9(12)13;/h1-5,11H,6H2,(H,12,13);/q;+1/p-1/b10-5-;. The van der Waals surface area contributed by atoms with Crippen LogP contribution in [0.1, 0.15) is 5.56 Å². The average Bonchev–Trinajstić information content (AvgIpc) is 2.08. The molecule has 1 aromatic rings. The summed E-state index contributed by atoms with van der Waals surface area (Å²) in [5.41, 5.74) is 0.490. The van der Waals surface area contributed by atoms with Gasteiger partial charge in [-0.3, -0.25) is 4.99 Å². The van der Waals surface area contributed by atoms with Crippen molar-refractivity contribution in [2.75, 3.05) is 6.54 Å². The number of benzene rings is 1. The summed E-state index contributed by atoms with van der Waals surface area (Å²) >= 11 is 0. The Morgan fingerprint density at radius 2 is 2.14 bits per heavy atom. The molecule has 5 heteroatoms. The minimum absolute atomic E-state index is 0. The molecule has 4 nitrogen and oxygen atoms in total. The van der Waals surface area contributed by atoms with Crippen LogP contribution < -0.4 is 56.5 Å². The fourth-order valence-corrected chi connectivity index (χ4v) is 0.815. The zero-order valence-electron chi connectivity index (χ0n) is 7.80. The van der Waals surface area contributed by atoms with Gasteiger partial charge in [0, 0.05) is 11.8 Å². The van der Waals surface area contributed by atoms with E-state index >= 15 is 0 Å². The Labute approximate surface area is 124 Å². The molecule has 0 radical (unpaired) electrons. The van der Waals surface area contributed by atoms with Crippen LogP contribution in [0.2, 0.25) is 0 Å². The molecule has 68 valence electrons. The Morgan fingerprint density at radius 3 is 2.71 bits per heavy atom. The van der Waals surface area contributed by atoms with Gasteiger partial charge < -0.3 is 15.0 Å². The van der Waals surface area contributed by atoms with Crippen LogP contribution in [-0.2, 0) is 4.79 Å². The molecule has 0 heterocycles. The Morgan fingerprint density at radius 1 is 1.50 bits per heavy atom. The topological polar surface area (TPSA) is 72.7 Å². The quantitative estimate of drug-likeness (QED) is 0.423. The molecule has 0 amide bonds. The first-order valence-corrected chi connectivity index (χ1v) is 3.68. The number of aliphatic carboxylic acids is 1. The van der Waals surface area contributed by atoms with Gasteiger partial charge in [0.2, 0.25) is 0 Å². The number of para-hydroxylation sites is 1. The second kappa shape index (κ2) is 7.14. The molecule has 0 saturated heterocycles. The zero-order chi connectivity index (χ0) is 9.68. The van der Waals surface area contributed by atoms with E-state index in [0.717, 1.165) is 0 Å². The van der Waals surface area contributed by atoms with Crippen LogP contribution in [0.3, 0.4) is 0 Å². The summed E-state index contributed by atoms with van der Waals surface area (Å²) in [7, 11) is 0. The molecule has 1 N–H and O–H groups in total. The van der Waals surface area contributed by atoms with Gasteiger partial charge in [-0.15, -0.1) is 0 Å². The largest absolute Gasteiger partial charge is 1.00 e. The number of hydrogen-bond donors (Lipinski definition) is 1. The van der Waals surface area contributed by atoms with Crippen LogP contribution in [-0.4, -0.2) is 23.8 Å². The minimum atomic E-state index is -1.24. The van der Waals surface area contributed by atoms with E-state index in [1.807, 2.05) is 0 Å². The molecule has 0 atom stereocenters. The molecule has 0 saturated carbocycles. The number of carbonyl (C=O) groups is 1. The molecule has 0 aromatic heterocycles. The van der Waals surface area contributed by atoms with E-state index in [-0.39, 0.29) is 57.1 Å². The molecule has 1 rings (SSSR count). The molecule has 0 aliphatic carbocycles. The number of aromatic hydroxyl groups is 1. The van der Waals surface area contributed by atoms with Gasteiger partial charge in [-0.2, -0.15) is 0 Å². The maximum absolute atomic E-state index is 9.99. The van der Waals surface area contributed by atoms with Crippen molar-refractivity contribution in [1.29, 1.82) is 0 Å². The van der Waals surface area contributed by atoms with Crippen molar-refractivity contribution in [2.24, 2.45) is 4.99 Å². The summed E-state index contributed by atoms with van der Waals surface area (Å²) in [5, 5.41) is 19.2. The Hall–Kier alpha value is -0.204. The summed E-state index contributed by atoms with van der Waals surface area (Å²) in [6, 6.07) is 6.53. The van der Waals surface area contributed by atoms with Gasteiger partial charge in [0.05, 0.1) is 12.5 Å². The molecule has 0 aliphatic heterocycles. The van der Waals surface area contributed by atoms with Crippen LogP contribution >= 0.6 is 0 Å². The van der Waals surface area contributed by atoms with Crippen molar-refractivity contribution in [1.82, 2.24) is 0 Å². The molecule has 0 spiro atoms. The maximum atomic E-state index is 9.99. The first kappa shape index (κ1) is 13.8. The predicted octanol–water partition coefficient (Wildman–Crippen LogP) is -3.43. The van der Waals surface area contributed by atoms with Crippen LogP contribution in [0.15, 0.2) is 29.3 Å². The fraction of sp³-hybridized carbons (Fsp3) is 0.111. The van der Waals surface area contributed by atoms with Crippen LogP contribution in [0.25, 0.3) is 0 Å². The second-order valence-corrected chi connectivity index (χ2v) is 2.40. The molecule has 1 aromatic carbocycles. The number of nitrogens with zero attached hydrogens (tertiary/aromatic N) is 1. The smallest absolute Gasteiger partial charge is 0.548 e. The van der Waals surface area contributed by atoms with E-state index in [9.17, 15) is 15.0 Å². The SMILES string of the molecule is O=C([O-])C/N=C\c1ccccc1O.[K+]. The summed E-state index contributed by atoms with van der Waals surface area (Å²) in [6.45, 7) is -0.395. The summed E-state index contributed by atoms with van der Waals surface area (Å²) in [4.78, 5) is 13.5. The molecule has 14 heavy (non-hydrogen) atoms. The molecular formula is C9H8KNO3. The summed E-state index contributed by atoms with van der Waals surface area (Å²) < 4.78 is 0. The van der Waals surface area contributed by atoms with Crippen molar-refractivity contribution in [3.63, 3.8) is 0 Å². The van der Waals surface area contributed by atoms with Crippen LogP contribution in [0.5, 0.6) is 5.75 Å². The zero-order valence-corrected chi connectivity index (χ0v) is 10.9. The summed E-state index contributed by atoms with van der Waals surface area (Å²) in [5.74, 6) is -1.17. The van der Waals surface area contributed by atoms with Gasteiger partial charge in [0.25, 0.3) is 0 Å². The average molecular weight is 217 g/mol. The Bertz CT molecular complexity index is 339. The number of aliphatic imine (C=N–C) groups is 1. The fourth-order valence-electron chi connectivity index (χ4n) is 0.815. The van der Waals surface area contributed by atoms with E-state index in [2.05, 4.69) is 4.99 Å². The van der Waals surface area contributed by atoms with Gasteiger partial charge in [-0.1, -0.05) is 12.1 Å². The van der Waals surface area contributed by atoms with E-state index in [1.54, 1.807) is 18.2 Å². The minimum Gasteiger partial charge on any atom is -0.548 e. The molecule has 0 fully saturated rings. The Balaban J connectivity index is 0.00000169. The third-order valence-corrected chi connectivity index (χ3v) is 1.39. The molecule has 0 aliphatic rings. The van der Waals surface area contributed by atoms with Gasteiger partial charge in [0.1, 0.15) is 5.75 Å². The van der Waals surface area contributed by atoms with Crippen LogP contribution in [0.4, 0.5) is 0 Å². The van der Waals surface area contributed by atoms with Gasteiger partial charge in [-0.05, 0) is 12.1 Å². The van der Waals surface area contributed by atoms with Crippen molar-refractivity contribution < 1.29 is 66.4 Å². The second-order valence-electron chi connectivity index (χ2n) is 2.40. The van der Waals surface area contributed by atoms with Crippen molar-refractivity contribution >= 4 is 12.2 Å². The van der Waals surface area contributed by atoms with Gasteiger partial charge >= 0.3 is 51.4 Å². The van der Waals surface area contributed by atoms with E-state index in [1.165, 1.54) is 12.3 Å². The van der Waals surface area contributed by atoms with E-state index in [0.29, 0.717) is 5.56 Å². The van der Waals surface area contributed by atoms with Crippen LogP contribution in [0, 0.1) is 0 Å². The van der Waals surface area contributed by atoms with Crippen molar-refractivity contribution in [2.45, 2.75) is 0 Å².